The zero-order chi connectivity index (χ0) is 19.9. The van der Waals surface area contributed by atoms with E-state index in [1.807, 2.05) is 29.2 Å². The van der Waals surface area contributed by atoms with Gasteiger partial charge in [-0.2, -0.15) is 0 Å². The van der Waals surface area contributed by atoms with Crippen LogP contribution in [-0.2, 0) is 6.42 Å². The zero-order valence-corrected chi connectivity index (χ0v) is 17.3. The number of carbonyl (C=O) groups excluding carboxylic acids is 1. The fourth-order valence-electron chi connectivity index (χ4n) is 4.33. The first kappa shape index (κ1) is 20.0. The van der Waals surface area contributed by atoms with E-state index in [-0.39, 0.29) is 12.0 Å². The van der Waals surface area contributed by atoms with Gasteiger partial charge in [-0.1, -0.05) is 30.3 Å². The maximum Gasteiger partial charge on any atom is 0.253 e. The third-order valence-electron chi connectivity index (χ3n) is 6.14. The number of nitrogens with zero attached hydrogens (tertiary/aromatic N) is 2. The van der Waals surface area contributed by atoms with Gasteiger partial charge in [0.05, 0.1) is 0 Å². The van der Waals surface area contributed by atoms with Crippen LogP contribution in [-0.4, -0.2) is 54.5 Å². The van der Waals surface area contributed by atoms with E-state index in [9.17, 15) is 4.79 Å². The maximum atomic E-state index is 12.6. The highest BCUT2D eigenvalue weighted by Gasteiger charge is 2.21. The normalized spacial score (nSPS) is 18.6. The second-order valence-corrected chi connectivity index (χ2v) is 8.27. The van der Waals surface area contributed by atoms with Gasteiger partial charge in [-0.05, 0) is 68.4 Å². The number of ether oxygens (including phenoxy) is 1. The summed E-state index contributed by atoms with van der Waals surface area (Å²) in [7, 11) is 0. The Bertz CT molecular complexity index is 761. The van der Waals surface area contributed by atoms with Gasteiger partial charge in [0.2, 0.25) is 0 Å². The van der Waals surface area contributed by atoms with Crippen molar-refractivity contribution in [3.63, 3.8) is 0 Å². The predicted molar refractivity (Wildman–Crippen MR) is 116 cm³/mol. The molecule has 0 bridgehead atoms. The molecule has 0 atom stereocenters. The molecule has 2 aromatic rings. The minimum Gasteiger partial charge on any atom is -0.490 e. The molecule has 4 nitrogen and oxygen atoms in total. The molecule has 2 heterocycles. The van der Waals surface area contributed by atoms with Crippen molar-refractivity contribution in [3.05, 3.63) is 65.7 Å². The third kappa shape index (κ3) is 5.60. The van der Waals surface area contributed by atoms with Crippen molar-refractivity contribution in [2.75, 3.05) is 32.7 Å². The lowest BCUT2D eigenvalue weighted by atomic mass is 10.1. The van der Waals surface area contributed by atoms with Gasteiger partial charge in [-0.3, -0.25) is 4.79 Å². The van der Waals surface area contributed by atoms with Gasteiger partial charge in [0.1, 0.15) is 11.9 Å². The minimum absolute atomic E-state index is 0.156. The average Bonchev–Trinajstić information content (AvgIpc) is 2.80. The zero-order valence-electron chi connectivity index (χ0n) is 17.3. The number of amides is 1. The van der Waals surface area contributed by atoms with Crippen LogP contribution in [0.15, 0.2) is 54.6 Å². The lowest BCUT2D eigenvalue weighted by molar-refractivity contribution is 0.0724. The molecule has 2 saturated heterocycles. The molecule has 0 aliphatic carbocycles. The monoisotopic (exact) mass is 392 g/mol. The smallest absolute Gasteiger partial charge is 0.253 e. The Morgan fingerprint density at radius 3 is 2.24 bits per heavy atom. The van der Waals surface area contributed by atoms with Gasteiger partial charge in [0, 0.05) is 38.3 Å². The SMILES string of the molecule is O=C(c1ccc(OC2CCN(CCc3ccccc3)CC2)cc1)N1CCCCC1. The van der Waals surface area contributed by atoms with Gasteiger partial charge >= 0.3 is 0 Å². The Labute approximate surface area is 174 Å². The fourth-order valence-corrected chi connectivity index (χ4v) is 4.33. The molecule has 2 aliphatic rings. The van der Waals surface area contributed by atoms with E-state index in [2.05, 4.69) is 35.2 Å². The molecule has 4 rings (SSSR count). The first-order valence-electron chi connectivity index (χ1n) is 11.1. The number of carbonyl (C=O) groups is 1. The number of hydrogen-bond acceptors (Lipinski definition) is 3. The summed E-state index contributed by atoms with van der Waals surface area (Å²) in [5.41, 5.74) is 2.18. The van der Waals surface area contributed by atoms with Crippen molar-refractivity contribution >= 4 is 5.91 Å². The van der Waals surface area contributed by atoms with Crippen LogP contribution in [0, 0.1) is 0 Å². The molecule has 0 spiro atoms. The third-order valence-corrected chi connectivity index (χ3v) is 6.14. The Balaban J connectivity index is 1.21. The van der Waals surface area contributed by atoms with Crippen LogP contribution < -0.4 is 4.74 Å². The molecule has 0 radical (unpaired) electrons. The Kier molecular flexibility index (Phi) is 6.83. The Morgan fingerprint density at radius 1 is 0.862 bits per heavy atom. The van der Waals surface area contributed by atoms with Gasteiger partial charge in [0.25, 0.3) is 5.91 Å². The molecule has 0 unspecified atom stereocenters. The molecular weight excluding hydrogens is 360 g/mol. The highest BCUT2D eigenvalue weighted by molar-refractivity contribution is 5.94. The number of rotatable bonds is 6. The van der Waals surface area contributed by atoms with Crippen LogP contribution in [0.5, 0.6) is 5.75 Å². The van der Waals surface area contributed by atoms with Crippen LogP contribution in [0.3, 0.4) is 0 Å². The highest BCUT2D eigenvalue weighted by Crippen LogP contribution is 2.21. The number of hydrogen-bond donors (Lipinski definition) is 0. The molecule has 0 saturated carbocycles. The second kappa shape index (κ2) is 9.93. The van der Waals surface area contributed by atoms with E-state index in [4.69, 9.17) is 4.74 Å². The summed E-state index contributed by atoms with van der Waals surface area (Å²) in [6.07, 6.45) is 6.98. The first-order chi connectivity index (χ1) is 14.3. The first-order valence-corrected chi connectivity index (χ1v) is 11.1. The highest BCUT2D eigenvalue weighted by atomic mass is 16.5. The molecule has 0 aromatic heterocycles. The Hall–Kier alpha value is -2.33. The molecule has 1 amide bonds. The summed E-state index contributed by atoms with van der Waals surface area (Å²) in [6, 6.07) is 18.5. The van der Waals surface area contributed by atoms with Crippen molar-refractivity contribution in [2.24, 2.45) is 0 Å². The van der Waals surface area contributed by atoms with Crippen molar-refractivity contribution in [3.8, 4) is 5.75 Å². The summed E-state index contributed by atoms with van der Waals surface area (Å²) in [4.78, 5) is 17.1. The van der Waals surface area contributed by atoms with E-state index < -0.39 is 0 Å². The van der Waals surface area contributed by atoms with Gasteiger partial charge < -0.3 is 14.5 Å². The van der Waals surface area contributed by atoms with Crippen LogP contribution in [0.2, 0.25) is 0 Å². The van der Waals surface area contributed by atoms with Crippen molar-refractivity contribution in [2.45, 2.75) is 44.6 Å². The molecule has 0 N–H and O–H groups in total. The predicted octanol–water partition coefficient (Wildman–Crippen LogP) is 4.40. The van der Waals surface area contributed by atoms with Gasteiger partial charge in [0.15, 0.2) is 0 Å². The second-order valence-electron chi connectivity index (χ2n) is 8.27. The fraction of sp³-hybridized carbons (Fsp3) is 0.480. The average molecular weight is 393 g/mol. The molecule has 2 aliphatic heterocycles. The molecule has 29 heavy (non-hydrogen) atoms. The largest absolute Gasteiger partial charge is 0.490 e. The van der Waals surface area contributed by atoms with Gasteiger partial charge in [-0.15, -0.1) is 0 Å². The van der Waals surface area contributed by atoms with Gasteiger partial charge in [-0.25, -0.2) is 0 Å². The van der Waals surface area contributed by atoms with Crippen LogP contribution in [0.4, 0.5) is 0 Å². The number of piperidine rings is 2. The van der Waals surface area contributed by atoms with E-state index in [1.165, 1.54) is 12.0 Å². The van der Waals surface area contributed by atoms with Crippen LogP contribution >= 0.6 is 0 Å². The lowest BCUT2D eigenvalue weighted by Crippen LogP contribution is -2.39. The quantitative estimate of drug-likeness (QED) is 0.731. The summed E-state index contributed by atoms with van der Waals surface area (Å²) < 4.78 is 6.20. The Morgan fingerprint density at radius 2 is 1.55 bits per heavy atom. The molecule has 4 heteroatoms. The molecular formula is C25H32N2O2. The number of benzene rings is 2. The summed E-state index contributed by atoms with van der Waals surface area (Å²) in [5.74, 6) is 1.03. The molecule has 2 aromatic carbocycles. The van der Waals surface area contributed by atoms with E-state index in [0.29, 0.717) is 0 Å². The summed E-state index contributed by atoms with van der Waals surface area (Å²) in [6.45, 7) is 5.07. The van der Waals surface area contributed by atoms with Crippen molar-refractivity contribution in [1.82, 2.24) is 9.80 Å². The lowest BCUT2D eigenvalue weighted by Gasteiger charge is -2.32. The van der Waals surface area contributed by atoms with E-state index in [0.717, 1.165) is 76.1 Å². The van der Waals surface area contributed by atoms with E-state index in [1.54, 1.807) is 0 Å². The standard InChI is InChI=1S/C25H32N2O2/c28-25(27-16-5-2-6-17-27)22-9-11-23(12-10-22)29-24-14-19-26(20-15-24)18-13-21-7-3-1-4-8-21/h1,3-4,7-12,24H,2,5-6,13-20H2. The topological polar surface area (TPSA) is 32.8 Å². The van der Waals surface area contributed by atoms with Crippen molar-refractivity contribution < 1.29 is 9.53 Å². The van der Waals surface area contributed by atoms with Crippen molar-refractivity contribution in [1.29, 1.82) is 0 Å². The molecule has 154 valence electrons. The number of likely N-dealkylation sites (tertiary alicyclic amines) is 2. The van der Waals surface area contributed by atoms with Crippen LogP contribution in [0.25, 0.3) is 0 Å². The van der Waals surface area contributed by atoms with E-state index >= 15 is 0 Å². The summed E-state index contributed by atoms with van der Waals surface area (Å²) in [5, 5.41) is 0. The summed E-state index contributed by atoms with van der Waals surface area (Å²) >= 11 is 0. The van der Waals surface area contributed by atoms with Crippen LogP contribution in [0.1, 0.15) is 48.0 Å². The minimum atomic E-state index is 0.156. The molecule has 2 fully saturated rings. The maximum absolute atomic E-state index is 12.6.